The molecule has 0 bridgehead atoms. The van der Waals surface area contributed by atoms with Gasteiger partial charge in [-0.3, -0.25) is 4.55 Å². The molecule has 0 saturated carbocycles. The minimum Gasteiger partial charge on any atom is -1.00 e. The maximum Gasteiger partial charge on any atom is 1.00 e. The molecule has 0 fully saturated rings. The maximum atomic E-state index is 12.2. The first-order chi connectivity index (χ1) is 14.6. The predicted octanol–water partition coefficient (Wildman–Crippen LogP) is 3.86. The van der Waals surface area contributed by atoms with Crippen LogP contribution in [-0.2, 0) is 10.1 Å². The van der Waals surface area contributed by atoms with Gasteiger partial charge in [0.1, 0.15) is 11.5 Å². The topological polar surface area (TPSA) is 72.8 Å². The van der Waals surface area contributed by atoms with Crippen LogP contribution in [-0.4, -0.2) is 27.2 Å². The first kappa shape index (κ1) is 27.6. The molecule has 0 aromatic heterocycles. The van der Waals surface area contributed by atoms with Crippen LogP contribution in [0.3, 0.4) is 0 Å². The van der Waals surface area contributed by atoms with Crippen molar-refractivity contribution >= 4 is 56.5 Å². The zero-order valence-corrected chi connectivity index (χ0v) is 23.0. The molecule has 0 spiro atoms. The van der Waals surface area contributed by atoms with Crippen LogP contribution in [0.15, 0.2) is 53.4 Å². The average molecular weight is 546 g/mol. The quantitative estimate of drug-likeness (QED) is 0.289. The summed E-state index contributed by atoms with van der Waals surface area (Å²) in [6.45, 7) is 0. The van der Waals surface area contributed by atoms with Gasteiger partial charge in [-0.2, -0.15) is 8.42 Å². The smallest absolute Gasteiger partial charge is 1.00 e. The molecule has 0 radical (unpaired) electrons. The van der Waals surface area contributed by atoms with Gasteiger partial charge in [-0.15, -0.1) is 0 Å². The second-order valence-corrected chi connectivity index (χ2v) is 9.54. The zero-order chi connectivity index (χ0) is 22.9. The molecule has 166 valence electrons. The van der Waals surface area contributed by atoms with Gasteiger partial charge < -0.3 is 10.9 Å². The summed E-state index contributed by atoms with van der Waals surface area (Å²) >= 11 is 25.3. The molecule has 0 atom stereocenters. The molecule has 32 heavy (non-hydrogen) atoms. The van der Waals surface area contributed by atoms with Gasteiger partial charge in [0.05, 0.1) is 29.2 Å². The number of rotatable bonds is 6. The van der Waals surface area contributed by atoms with Crippen LogP contribution in [0.2, 0.25) is 20.1 Å². The molecule has 0 heterocycles. The van der Waals surface area contributed by atoms with Crippen LogP contribution >= 0.6 is 46.4 Å². The summed E-state index contributed by atoms with van der Waals surface area (Å²) in [6.07, 6.45) is 0. The Morgan fingerprint density at radius 1 is 0.812 bits per heavy atom. The summed E-state index contributed by atoms with van der Waals surface area (Å²) < 4.78 is 45.3. The minimum absolute atomic E-state index is 0. The van der Waals surface area contributed by atoms with Gasteiger partial charge in [0, 0.05) is 27.1 Å². The number of benzene rings is 3. The fraction of sp³-hybridized carbons (Fsp3) is 0.143. The molecular formula is C21H17Cl4NaO5S. The van der Waals surface area contributed by atoms with E-state index in [-0.39, 0.29) is 63.0 Å². The van der Waals surface area contributed by atoms with Gasteiger partial charge in [0.25, 0.3) is 10.1 Å². The maximum absolute atomic E-state index is 12.2. The van der Waals surface area contributed by atoms with Crippen molar-refractivity contribution in [2.75, 3.05) is 14.2 Å². The fourth-order valence-electron chi connectivity index (χ4n) is 3.48. The minimum atomic E-state index is -4.59. The van der Waals surface area contributed by atoms with Crippen molar-refractivity contribution in [3.05, 3.63) is 85.3 Å². The Kier molecular flexibility index (Phi) is 9.63. The van der Waals surface area contributed by atoms with E-state index in [0.29, 0.717) is 21.2 Å². The van der Waals surface area contributed by atoms with Gasteiger partial charge >= 0.3 is 29.6 Å². The van der Waals surface area contributed by atoms with Crippen LogP contribution in [0.4, 0.5) is 0 Å². The second-order valence-electron chi connectivity index (χ2n) is 6.47. The van der Waals surface area contributed by atoms with Crippen molar-refractivity contribution in [1.82, 2.24) is 0 Å². The van der Waals surface area contributed by atoms with E-state index >= 15 is 0 Å². The monoisotopic (exact) mass is 544 g/mol. The van der Waals surface area contributed by atoms with E-state index in [2.05, 4.69) is 0 Å². The van der Waals surface area contributed by atoms with Crippen molar-refractivity contribution in [3.8, 4) is 11.5 Å². The second kappa shape index (κ2) is 11.2. The molecule has 0 unspecified atom stereocenters. The van der Waals surface area contributed by atoms with Crippen LogP contribution < -0.4 is 39.0 Å². The number of ether oxygens (including phenoxy) is 2. The zero-order valence-electron chi connectivity index (χ0n) is 18.2. The van der Waals surface area contributed by atoms with Crippen LogP contribution in [0.25, 0.3) is 0 Å². The molecule has 0 aliphatic carbocycles. The normalized spacial score (nSPS) is 11.2. The van der Waals surface area contributed by atoms with E-state index in [1.807, 2.05) is 0 Å². The molecule has 0 aliphatic heterocycles. The summed E-state index contributed by atoms with van der Waals surface area (Å²) in [7, 11) is -1.74. The van der Waals surface area contributed by atoms with E-state index in [9.17, 15) is 13.0 Å². The van der Waals surface area contributed by atoms with Crippen molar-refractivity contribution in [3.63, 3.8) is 0 Å². The first-order valence-corrected chi connectivity index (χ1v) is 11.7. The Bertz CT molecular complexity index is 1200. The molecule has 3 aromatic carbocycles. The third-order valence-electron chi connectivity index (χ3n) is 4.61. The molecule has 0 amide bonds. The summed E-state index contributed by atoms with van der Waals surface area (Å²) in [5.41, 5.74) is 1.07. The summed E-state index contributed by atoms with van der Waals surface area (Å²) in [5.74, 6) is -0.353. The largest absolute Gasteiger partial charge is 1.00 e. The Balaban J connectivity index is 0.00000272. The Hall–Kier alpha value is -0.670. The van der Waals surface area contributed by atoms with Crippen molar-refractivity contribution in [2.45, 2.75) is 10.8 Å². The summed E-state index contributed by atoms with van der Waals surface area (Å²) in [4.78, 5) is -0.309. The van der Waals surface area contributed by atoms with E-state index in [4.69, 9.17) is 55.9 Å². The summed E-state index contributed by atoms with van der Waals surface area (Å²) in [5, 5.41) is 1.02. The van der Waals surface area contributed by atoms with Crippen molar-refractivity contribution in [2.24, 2.45) is 0 Å². The third kappa shape index (κ3) is 5.69. The Morgan fingerprint density at radius 3 is 1.66 bits per heavy atom. The van der Waals surface area contributed by atoms with Crippen LogP contribution in [0.1, 0.15) is 24.0 Å². The predicted molar refractivity (Wildman–Crippen MR) is 124 cm³/mol. The standard InChI is InChI=1S/C21H16Cl4O5S.Na.H/c1-29-20-14(7-11(22)9-16(20)24)19(13-5-3-4-6-18(13)31(26,27)28)15-8-12(23)10-17(25)21(15)30-2;;/h3-10,19H,1-2H3,(H,26,27,28);;/q;+1;-1. The Morgan fingerprint density at radius 2 is 1.25 bits per heavy atom. The molecule has 3 aromatic rings. The van der Waals surface area contributed by atoms with Crippen molar-refractivity contribution < 1.29 is 53.4 Å². The molecule has 0 aliphatic rings. The van der Waals surface area contributed by atoms with Crippen molar-refractivity contribution in [1.29, 1.82) is 0 Å². The molecule has 3 rings (SSSR count). The van der Waals surface area contributed by atoms with E-state index < -0.39 is 16.0 Å². The summed E-state index contributed by atoms with van der Waals surface area (Å²) in [6, 6.07) is 12.1. The number of halogens is 4. The van der Waals surface area contributed by atoms with E-state index in [1.54, 1.807) is 24.3 Å². The Labute approximate surface area is 230 Å². The molecule has 11 heteroatoms. The average Bonchev–Trinajstić information content (AvgIpc) is 2.67. The molecule has 5 nitrogen and oxygen atoms in total. The molecule has 0 saturated heterocycles. The van der Waals surface area contributed by atoms with Gasteiger partial charge in [-0.25, -0.2) is 0 Å². The number of hydrogen-bond donors (Lipinski definition) is 1. The molecule has 1 N–H and O–H groups in total. The van der Waals surface area contributed by atoms with Gasteiger partial charge in [0.2, 0.25) is 0 Å². The van der Waals surface area contributed by atoms with Crippen LogP contribution in [0, 0.1) is 0 Å². The van der Waals surface area contributed by atoms with Gasteiger partial charge in [-0.05, 0) is 35.9 Å². The fourth-order valence-corrected chi connectivity index (χ4v) is 5.38. The number of methoxy groups -OCH3 is 2. The third-order valence-corrected chi connectivity index (χ3v) is 6.54. The number of hydrogen-bond acceptors (Lipinski definition) is 4. The van der Waals surface area contributed by atoms with Crippen LogP contribution in [0.5, 0.6) is 11.5 Å². The van der Waals surface area contributed by atoms with Gasteiger partial charge in [-0.1, -0.05) is 64.6 Å². The van der Waals surface area contributed by atoms with Gasteiger partial charge in [0.15, 0.2) is 0 Å². The van der Waals surface area contributed by atoms with E-state index in [1.165, 1.54) is 38.5 Å². The van der Waals surface area contributed by atoms with E-state index in [0.717, 1.165) is 0 Å². The first-order valence-electron chi connectivity index (χ1n) is 8.70. The molecular weight excluding hydrogens is 529 g/mol. The SMILES string of the molecule is COc1c(Cl)cc(Cl)cc1C(c1ccccc1S(=O)(=O)O)c1cc(Cl)cc(Cl)c1OC.[H-].[Na+].